The molecule has 29 heavy (non-hydrogen) atoms. The maximum atomic E-state index is 12.6. The number of anilines is 1. The molecule has 10 heteroatoms. The molecule has 3 saturated heterocycles. The van der Waals surface area contributed by atoms with Crippen LogP contribution in [-0.4, -0.2) is 106 Å². The van der Waals surface area contributed by atoms with Gasteiger partial charge in [-0.2, -0.15) is 4.31 Å². The molecule has 1 aromatic heterocycles. The summed E-state index contributed by atoms with van der Waals surface area (Å²) in [7, 11) is -3.43. The van der Waals surface area contributed by atoms with Gasteiger partial charge in [-0.1, -0.05) is 0 Å². The molecule has 4 heterocycles. The lowest BCUT2D eigenvalue weighted by atomic mass is 10.3. The van der Waals surface area contributed by atoms with Crippen molar-refractivity contribution in [3.05, 3.63) is 18.3 Å². The Bertz CT molecular complexity index is 796. The first-order valence-corrected chi connectivity index (χ1v) is 11.8. The molecule has 1 amide bonds. The van der Waals surface area contributed by atoms with Gasteiger partial charge in [0.05, 0.1) is 19.8 Å². The zero-order chi connectivity index (χ0) is 20.3. The molecule has 0 aliphatic carbocycles. The van der Waals surface area contributed by atoms with Crippen LogP contribution in [0, 0.1) is 0 Å². The number of sulfonamides is 1. The van der Waals surface area contributed by atoms with Crippen LogP contribution in [0.25, 0.3) is 0 Å². The van der Waals surface area contributed by atoms with Gasteiger partial charge < -0.3 is 14.5 Å². The zero-order valence-corrected chi connectivity index (χ0v) is 17.5. The topological polar surface area (TPSA) is 86.3 Å². The van der Waals surface area contributed by atoms with E-state index >= 15 is 0 Å². The molecule has 0 radical (unpaired) electrons. The molecule has 9 nitrogen and oxygen atoms in total. The molecule has 0 atom stereocenters. The molecule has 0 N–H and O–H groups in total. The van der Waals surface area contributed by atoms with Crippen LogP contribution in [0.3, 0.4) is 0 Å². The van der Waals surface area contributed by atoms with Crippen LogP contribution in [0.15, 0.2) is 23.2 Å². The minimum Gasteiger partial charge on any atom is -0.379 e. The van der Waals surface area contributed by atoms with Gasteiger partial charge in [0.2, 0.25) is 15.9 Å². The van der Waals surface area contributed by atoms with E-state index in [4.69, 9.17) is 4.74 Å². The Morgan fingerprint density at radius 1 is 0.966 bits per heavy atom. The summed E-state index contributed by atoms with van der Waals surface area (Å²) in [5.74, 6) is 0.914. The molecule has 3 aliphatic rings. The minimum atomic E-state index is -3.43. The Morgan fingerprint density at radius 3 is 2.28 bits per heavy atom. The van der Waals surface area contributed by atoms with Gasteiger partial charge in [0.1, 0.15) is 10.7 Å². The van der Waals surface area contributed by atoms with Gasteiger partial charge in [-0.3, -0.25) is 9.69 Å². The highest BCUT2D eigenvalue weighted by Gasteiger charge is 2.28. The van der Waals surface area contributed by atoms with Crippen LogP contribution in [-0.2, 0) is 19.6 Å². The van der Waals surface area contributed by atoms with Crippen molar-refractivity contribution in [1.29, 1.82) is 0 Å². The number of carbonyl (C=O) groups excluding carboxylic acids is 1. The lowest BCUT2D eigenvalue weighted by Crippen LogP contribution is -2.52. The monoisotopic (exact) mass is 423 g/mol. The lowest BCUT2D eigenvalue weighted by Gasteiger charge is -2.36. The van der Waals surface area contributed by atoms with Crippen molar-refractivity contribution in [3.8, 4) is 0 Å². The van der Waals surface area contributed by atoms with E-state index in [9.17, 15) is 13.2 Å². The maximum Gasteiger partial charge on any atom is 0.244 e. The predicted molar refractivity (Wildman–Crippen MR) is 108 cm³/mol. The van der Waals surface area contributed by atoms with Gasteiger partial charge in [0.15, 0.2) is 0 Å². The highest BCUT2D eigenvalue weighted by Crippen LogP contribution is 2.22. The van der Waals surface area contributed by atoms with Crippen molar-refractivity contribution in [2.45, 2.75) is 17.7 Å². The zero-order valence-electron chi connectivity index (χ0n) is 16.7. The Morgan fingerprint density at radius 2 is 1.66 bits per heavy atom. The van der Waals surface area contributed by atoms with Crippen molar-refractivity contribution in [1.82, 2.24) is 19.1 Å². The third-order valence-corrected chi connectivity index (χ3v) is 7.72. The van der Waals surface area contributed by atoms with E-state index in [1.54, 1.807) is 12.1 Å². The summed E-state index contributed by atoms with van der Waals surface area (Å²) in [6, 6.07) is 3.42. The van der Waals surface area contributed by atoms with Gasteiger partial charge in [0, 0.05) is 58.6 Å². The van der Waals surface area contributed by atoms with Crippen molar-refractivity contribution < 1.29 is 17.9 Å². The molecule has 160 valence electrons. The molecule has 3 aliphatic heterocycles. The van der Waals surface area contributed by atoms with E-state index in [0.717, 1.165) is 31.7 Å². The number of hydrogen-bond donors (Lipinski definition) is 0. The fourth-order valence-corrected chi connectivity index (χ4v) is 5.49. The maximum absolute atomic E-state index is 12.6. The Balaban J connectivity index is 1.31. The molecule has 1 aromatic rings. The largest absolute Gasteiger partial charge is 0.379 e. The summed E-state index contributed by atoms with van der Waals surface area (Å²) in [6.07, 6.45) is 3.29. The number of piperazine rings is 1. The highest BCUT2D eigenvalue weighted by atomic mass is 32.2. The van der Waals surface area contributed by atoms with E-state index in [2.05, 4.69) is 14.8 Å². The van der Waals surface area contributed by atoms with Crippen LogP contribution in [0.2, 0.25) is 0 Å². The standard InChI is InChI=1S/C19H29N5O4S/c25-19(16-21-11-13-28-14-12-21)23-9-7-22(8-10-23)18-4-3-17(15-20-18)29(26,27)24-5-1-2-6-24/h3-4,15H,1-2,5-14,16H2. The van der Waals surface area contributed by atoms with E-state index in [-0.39, 0.29) is 10.8 Å². The number of ether oxygens (including phenoxy) is 1. The molecule has 0 aromatic carbocycles. The first-order valence-electron chi connectivity index (χ1n) is 10.3. The quantitative estimate of drug-likeness (QED) is 0.651. The van der Waals surface area contributed by atoms with Gasteiger partial charge >= 0.3 is 0 Å². The van der Waals surface area contributed by atoms with E-state index in [1.165, 1.54) is 10.5 Å². The number of pyridine rings is 1. The number of nitrogens with zero attached hydrogens (tertiary/aromatic N) is 5. The number of amides is 1. The lowest BCUT2D eigenvalue weighted by molar-refractivity contribution is -0.133. The molecule has 0 bridgehead atoms. The Hall–Kier alpha value is -1.75. The van der Waals surface area contributed by atoms with Gasteiger partial charge in [-0.25, -0.2) is 13.4 Å². The van der Waals surface area contributed by atoms with E-state index in [1.807, 2.05) is 4.90 Å². The molecule has 0 saturated carbocycles. The van der Waals surface area contributed by atoms with Crippen LogP contribution >= 0.6 is 0 Å². The number of rotatable bonds is 5. The Kier molecular flexibility index (Phi) is 6.33. The number of hydrogen-bond acceptors (Lipinski definition) is 7. The van der Waals surface area contributed by atoms with Crippen LogP contribution < -0.4 is 4.90 Å². The second-order valence-electron chi connectivity index (χ2n) is 7.72. The predicted octanol–water partition coefficient (Wildman–Crippen LogP) is -0.153. The van der Waals surface area contributed by atoms with Gasteiger partial charge in [-0.05, 0) is 25.0 Å². The minimum absolute atomic E-state index is 0.159. The van der Waals surface area contributed by atoms with E-state index in [0.29, 0.717) is 59.0 Å². The SMILES string of the molecule is O=C(CN1CCOCC1)N1CCN(c2ccc(S(=O)(=O)N3CCCC3)cn2)CC1. The van der Waals surface area contributed by atoms with Gasteiger partial charge in [0.25, 0.3) is 0 Å². The van der Waals surface area contributed by atoms with E-state index < -0.39 is 10.0 Å². The number of morpholine rings is 1. The summed E-state index contributed by atoms with van der Waals surface area (Å²) in [5.41, 5.74) is 0. The molecule has 0 spiro atoms. The van der Waals surface area contributed by atoms with Crippen molar-refractivity contribution in [3.63, 3.8) is 0 Å². The summed E-state index contributed by atoms with van der Waals surface area (Å²) >= 11 is 0. The third-order valence-electron chi connectivity index (χ3n) is 5.84. The highest BCUT2D eigenvalue weighted by molar-refractivity contribution is 7.89. The number of carbonyl (C=O) groups is 1. The summed E-state index contributed by atoms with van der Waals surface area (Å²) in [5, 5.41) is 0. The average Bonchev–Trinajstić information content (AvgIpc) is 3.31. The van der Waals surface area contributed by atoms with Crippen LogP contribution in [0.1, 0.15) is 12.8 Å². The second kappa shape index (κ2) is 8.95. The molecular formula is C19H29N5O4S. The first kappa shape index (κ1) is 20.5. The molecular weight excluding hydrogens is 394 g/mol. The third kappa shape index (κ3) is 4.71. The number of aromatic nitrogens is 1. The smallest absolute Gasteiger partial charge is 0.244 e. The van der Waals surface area contributed by atoms with Crippen molar-refractivity contribution in [2.24, 2.45) is 0 Å². The molecule has 0 unspecified atom stereocenters. The van der Waals surface area contributed by atoms with Crippen LogP contribution in [0.4, 0.5) is 5.82 Å². The van der Waals surface area contributed by atoms with Gasteiger partial charge in [-0.15, -0.1) is 0 Å². The van der Waals surface area contributed by atoms with Crippen molar-refractivity contribution >= 4 is 21.7 Å². The molecule has 3 fully saturated rings. The normalized spacial score (nSPS) is 22.2. The summed E-state index contributed by atoms with van der Waals surface area (Å²) < 4.78 is 32.1. The summed E-state index contributed by atoms with van der Waals surface area (Å²) in [6.45, 7) is 7.31. The Labute approximate surface area is 172 Å². The molecule has 4 rings (SSSR count). The second-order valence-corrected chi connectivity index (χ2v) is 9.66. The first-order chi connectivity index (χ1) is 14.0. The fourth-order valence-electron chi connectivity index (χ4n) is 4.03. The summed E-state index contributed by atoms with van der Waals surface area (Å²) in [4.78, 5) is 23.3. The fraction of sp³-hybridized carbons (Fsp3) is 0.684. The van der Waals surface area contributed by atoms with Crippen molar-refractivity contribution in [2.75, 3.05) is 77.0 Å². The van der Waals surface area contributed by atoms with Crippen LogP contribution in [0.5, 0.6) is 0 Å². The average molecular weight is 424 g/mol.